The number of nitrogens with one attached hydrogen (secondary N) is 1. The van der Waals surface area contributed by atoms with Gasteiger partial charge in [0.25, 0.3) is 0 Å². The van der Waals surface area contributed by atoms with Gasteiger partial charge in [-0.3, -0.25) is 4.79 Å². The maximum atomic E-state index is 11.1. The van der Waals surface area contributed by atoms with E-state index < -0.39 is 0 Å². The summed E-state index contributed by atoms with van der Waals surface area (Å²) in [7, 11) is 0. The third kappa shape index (κ3) is 2.52. The molecule has 1 aromatic rings. The molecule has 0 atom stereocenters. The predicted molar refractivity (Wildman–Crippen MR) is 61.2 cm³/mol. The van der Waals surface area contributed by atoms with Gasteiger partial charge in [0.15, 0.2) is 0 Å². The van der Waals surface area contributed by atoms with Crippen LogP contribution in [0, 0.1) is 0 Å². The number of aliphatic hydroxyl groups excluding tert-OH is 1. The van der Waals surface area contributed by atoms with Crippen molar-refractivity contribution >= 4 is 23.4 Å². The van der Waals surface area contributed by atoms with Crippen molar-refractivity contribution in [2.75, 3.05) is 17.7 Å². The Bertz CT molecular complexity index is 379. The summed E-state index contributed by atoms with van der Waals surface area (Å²) in [5, 5.41) is 11.6. The van der Waals surface area contributed by atoms with E-state index in [1.165, 1.54) is 5.56 Å². The van der Waals surface area contributed by atoms with E-state index in [1.807, 2.05) is 12.1 Å². The van der Waals surface area contributed by atoms with Crippen LogP contribution in [0.4, 0.5) is 5.69 Å². The minimum atomic E-state index is 0.0654. The van der Waals surface area contributed by atoms with Crippen molar-refractivity contribution in [1.29, 1.82) is 0 Å². The number of carbonyl (C=O) groups is 1. The first-order valence-electron chi connectivity index (χ1n) is 4.96. The van der Waals surface area contributed by atoms with Crippen LogP contribution < -0.4 is 5.32 Å². The summed E-state index contributed by atoms with van der Waals surface area (Å²) in [6, 6.07) is 6.03. The van der Waals surface area contributed by atoms with Crippen LogP contribution in [0.1, 0.15) is 12.0 Å². The topological polar surface area (TPSA) is 49.3 Å². The molecule has 0 spiro atoms. The standard InChI is InChI=1S/C11H13NO2S/c13-5-1-2-8-3-4-9-10(6-8)15-7-11(14)12-9/h3-4,6,13H,1-2,5,7H2,(H,12,14). The van der Waals surface area contributed by atoms with Crippen molar-refractivity contribution in [2.45, 2.75) is 17.7 Å². The Labute approximate surface area is 92.9 Å². The number of thioether (sulfide) groups is 1. The van der Waals surface area contributed by atoms with Crippen molar-refractivity contribution in [2.24, 2.45) is 0 Å². The summed E-state index contributed by atoms with van der Waals surface area (Å²) in [6.07, 6.45) is 1.67. The van der Waals surface area contributed by atoms with Crippen LogP contribution in [0.2, 0.25) is 0 Å². The molecule has 1 aliphatic heterocycles. The molecule has 0 fully saturated rings. The van der Waals surface area contributed by atoms with Gasteiger partial charge in [-0.1, -0.05) is 6.07 Å². The molecule has 0 aliphatic carbocycles. The molecule has 2 rings (SSSR count). The normalized spacial score (nSPS) is 14.6. The Morgan fingerprint density at radius 3 is 3.13 bits per heavy atom. The van der Waals surface area contributed by atoms with Gasteiger partial charge in [0, 0.05) is 11.5 Å². The van der Waals surface area contributed by atoms with Crippen molar-refractivity contribution in [1.82, 2.24) is 0 Å². The fourth-order valence-electron chi connectivity index (χ4n) is 1.56. The van der Waals surface area contributed by atoms with Gasteiger partial charge in [0.2, 0.25) is 5.91 Å². The van der Waals surface area contributed by atoms with E-state index in [-0.39, 0.29) is 12.5 Å². The van der Waals surface area contributed by atoms with Crippen LogP contribution in [-0.2, 0) is 11.2 Å². The SMILES string of the molecule is O=C1CSc2cc(CCCO)ccc2N1. The molecular weight excluding hydrogens is 210 g/mol. The lowest BCUT2D eigenvalue weighted by Crippen LogP contribution is -2.18. The number of aryl methyl sites for hydroxylation is 1. The zero-order chi connectivity index (χ0) is 10.7. The van der Waals surface area contributed by atoms with Crippen molar-refractivity contribution in [3.63, 3.8) is 0 Å². The van der Waals surface area contributed by atoms with Crippen LogP contribution in [0.25, 0.3) is 0 Å². The quantitative estimate of drug-likeness (QED) is 0.819. The molecule has 0 aromatic heterocycles. The lowest BCUT2D eigenvalue weighted by molar-refractivity contribution is -0.113. The molecule has 0 saturated carbocycles. The molecule has 1 amide bonds. The zero-order valence-electron chi connectivity index (χ0n) is 8.32. The monoisotopic (exact) mass is 223 g/mol. The highest BCUT2D eigenvalue weighted by atomic mass is 32.2. The number of anilines is 1. The third-order valence-electron chi connectivity index (χ3n) is 2.30. The van der Waals surface area contributed by atoms with Gasteiger partial charge in [-0.2, -0.15) is 0 Å². The number of aliphatic hydroxyl groups is 1. The van der Waals surface area contributed by atoms with Crippen LogP contribution >= 0.6 is 11.8 Å². The molecule has 1 aromatic carbocycles. The molecule has 2 N–H and O–H groups in total. The molecule has 80 valence electrons. The molecule has 4 heteroatoms. The Morgan fingerprint density at radius 2 is 2.33 bits per heavy atom. The second kappa shape index (κ2) is 4.68. The first-order chi connectivity index (χ1) is 7.29. The minimum Gasteiger partial charge on any atom is -0.396 e. The molecule has 0 radical (unpaired) electrons. The van der Waals surface area contributed by atoms with E-state index in [9.17, 15) is 4.79 Å². The lowest BCUT2D eigenvalue weighted by Gasteiger charge is -2.16. The molecule has 1 aliphatic rings. The molecule has 0 bridgehead atoms. The molecule has 0 saturated heterocycles. The van der Waals surface area contributed by atoms with Gasteiger partial charge in [0.05, 0.1) is 11.4 Å². The molecule has 1 heterocycles. The maximum Gasteiger partial charge on any atom is 0.234 e. The van der Waals surface area contributed by atoms with E-state index in [0.29, 0.717) is 5.75 Å². The number of amides is 1. The second-order valence-electron chi connectivity index (χ2n) is 3.49. The van der Waals surface area contributed by atoms with Crippen LogP contribution in [-0.4, -0.2) is 23.4 Å². The van der Waals surface area contributed by atoms with Gasteiger partial charge < -0.3 is 10.4 Å². The number of hydrogen-bond donors (Lipinski definition) is 2. The Morgan fingerprint density at radius 1 is 1.47 bits per heavy atom. The van der Waals surface area contributed by atoms with E-state index in [0.717, 1.165) is 23.4 Å². The lowest BCUT2D eigenvalue weighted by atomic mass is 10.1. The summed E-state index contributed by atoms with van der Waals surface area (Å²) in [5.74, 6) is 0.562. The van der Waals surface area contributed by atoms with Gasteiger partial charge in [-0.15, -0.1) is 11.8 Å². The van der Waals surface area contributed by atoms with Crippen molar-refractivity contribution < 1.29 is 9.90 Å². The predicted octanol–water partition coefficient (Wildman–Crippen LogP) is 1.66. The van der Waals surface area contributed by atoms with E-state index >= 15 is 0 Å². The first-order valence-corrected chi connectivity index (χ1v) is 5.94. The van der Waals surface area contributed by atoms with Crippen molar-refractivity contribution in [3.8, 4) is 0 Å². The molecule has 15 heavy (non-hydrogen) atoms. The molecule has 3 nitrogen and oxygen atoms in total. The first kappa shape index (κ1) is 10.5. The third-order valence-corrected chi connectivity index (χ3v) is 3.36. The Balaban J connectivity index is 2.15. The highest BCUT2D eigenvalue weighted by Gasteiger charge is 2.14. The van der Waals surface area contributed by atoms with Crippen molar-refractivity contribution in [3.05, 3.63) is 23.8 Å². The molecule has 0 unspecified atom stereocenters. The smallest absolute Gasteiger partial charge is 0.234 e. The summed E-state index contributed by atoms with van der Waals surface area (Å²) in [5.41, 5.74) is 2.12. The zero-order valence-corrected chi connectivity index (χ0v) is 9.14. The second-order valence-corrected chi connectivity index (χ2v) is 4.51. The van der Waals surface area contributed by atoms with E-state index in [1.54, 1.807) is 11.8 Å². The van der Waals surface area contributed by atoms with Gasteiger partial charge in [0.1, 0.15) is 0 Å². The van der Waals surface area contributed by atoms with Crippen LogP contribution in [0.3, 0.4) is 0 Å². The summed E-state index contributed by atoms with van der Waals surface area (Å²) >= 11 is 1.57. The summed E-state index contributed by atoms with van der Waals surface area (Å²) in [4.78, 5) is 12.2. The highest BCUT2D eigenvalue weighted by molar-refractivity contribution is 8.00. The van der Waals surface area contributed by atoms with Gasteiger partial charge in [-0.25, -0.2) is 0 Å². The van der Waals surface area contributed by atoms with Crippen LogP contribution in [0.5, 0.6) is 0 Å². The van der Waals surface area contributed by atoms with Crippen LogP contribution in [0.15, 0.2) is 23.1 Å². The fourth-order valence-corrected chi connectivity index (χ4v) is 2.43. The van der Waals surface area contributed by atoms with E-state index in [2.05, 4.69) is 11.4 Å². The number of carbonyl (C=O) groups excluding carboxylic acids is 1. The highest BCUT2D eigenvalue weighted by Crippen LogP contribution is 2.32. The summed E-state index contributed by atoms with van der Waals surface area (Å²) in [6.45, 7) is 0.223. The number of benzene rings is 1. The average molecular weight is 223 g/mol. The van der Waals surface area contributed by atoms with Gasteiger partial charge in [-0.05, 0) is 30.5 Å². The Hall–Kier alpha value is -1.00. The fraction of sp³-hybridized carbons (Fsp3) is 0.364. The number of rotatable bonds is 3. The summed E-state index contributed by atoms with van der Waals surface area (Å²) < 4.78 is 0. The largest absolute Gasteiger partial charge is 0.396 e. The Kier molecular flexibility index (Phi) is 3.28. The van der Waals surface area contributed by atoms with E-state index in [4.69, 9.17) is 5.11 Å². The maximum absolute atomic E-state index is 11.1. The number of hydrogen-bond acceptors (Lipinski definition) is 3. The minimum absolute atomic E-state index is 0.0654. The van der Waals surface area contributed by atoms with Gasteiger partial charge >= 0.3 is 0 Å². The average Bonchev–Trinajstić information content (AvgIpc) is 2.26. The number of fused-ring (bicyclic) bond motifs is 1. The molecular formula is C11H13NO2S.